The molecule has 0 aromatic heterocycles. The lowest BCUT2D eigenvalue weighted by atomic mass is 10.1. The molecule has 1 unspecified atom stereocenters. The van der Waals surface area contributed by atoms with Crippen molar-refractivity contribution in [1.29, 1.82) is 0 Å². The molecule has 1 aliphatic heterocycles. The van der Waals surface area contributed by atoms with Gasteiger partial charge >= 0.3 is 0 Å². The Bertz CT molecular complexity index is 911. The molecular weight excluding hydrogens is 518 g/mol. The lowest BCUT2D eigenvalue weighted by Crippen LogP contribution is -2.38. The van der Waals surface area contributed by atoms with Crippen LogP contribution in [0.25, 0.3) is 0 Å². The number of nitrogens with one attached hydrogen (secondary N) is 2. The number of guanidine groups is 1. The second-order valence-electron chi connectivity index (χ2n) is 8.12. The number of nitrogens with zero attached hydrogens (tertiary/aromatic N) is 2. The Morgan fingerprint density at radius 3 is 2.44 bits per heavy atom. The highest BCUT2D eigenvalue weighted by atomic mass is 127. The van der Waals surface area contributed by atoms with Crippen molar-refractivity contribution < 1.29 is 9.18 Å². The number of rotatable bonds is 6. The van der Waals surface area contributed by atoms with Gasteiger partial charge < -0.3 is 15.5 Å². The van der Waals surface area contributed by atoms with Gasteiger partial charge in [0.25, 0.3) is 5.91 Å². The minimum Gasteiger partial charge on any atom is -0.357 e. The minimum atomic E-state index is -0.202. The summed E-state index contributed by atoms with van der Waals surface area (Å²) in [7, 11) is 0. The summed E-state index contributed by atoms with van der Waals surface area (Å²) in [6.45, 7) is 8.67. The molecule has 0 spiro atoms. The first-order valence-electron chi connectivity index (χ1n) is 11.2. The molecule has 1 amide bonds. The summed E-state index contributed by atoms with van der Waals surface area (Å²) in [5.41, 5.74) is 3.27. The van der Waals surface area contributed by atoms with Gasteiger partial charge in [-0.05, 0) is 74.9 Å². The molecule has 0 bridgehead atoms. The van der Waals surface area contributed by atoms with E-state index < -0.39 is 0 Å². The van der Waals surface area contributed by atoms with E-state index in [-0.39, 0.29) is 41.7 Å². The molecule has 2 N–H and O–H groups in total. The van der Waals surface area contributed by atoms with Crippen molar-refractivity contribution in [3.63, 3.8) is 0 Å². The summed E-state index contributed by atoms with van der Waals surface area (Å²) >= 11 is 0. The zero-order valence-corrected chi connectivity index (χ0v) is 21.5. The number of piperidine rings is 1. The Balaban J connectivity index is 0.00000363. The summed E-state index contributed by atoms with van der Waals surface area (Å²) in [6, 6.07) is 12.9. The molecule has 1 atom stereocenters. The highest BCUT2D eigenvalue weighted by molar-refractivity contribution is 14.0. The summed E-state index contributed by atoms with van der Waals surface area (Å²) in [5.74, 6) is 0.584. The van der Waals surface area contributed by atoms with Crippen LogP contribution in [0.5, 0.6) is 0 Å². The SMILES string of the molecule is CCNC(=NCc1ccc(C(=O)N2CCCCC2)cc1)NC(C)c1ccc(C)c(F)c1.I. The van der Waals surface area contributed by atoms with Crippen molar-refractivity contribution in [2.45, 2.75) is 52.6 Å². The number of aryl methyl sites for hydroxylation is 1. The Morgan fingerprint density at radius 2 is 1.81 bits per heavy atom. The maximum Gasteiger partial charge on any atom is 0.253 e. The summed E-state index contributed by atoms with van der Waals surface area (Å²) in [5, 5.41) is 6.57. The van der Waals surface area contributed by atoms with E-state index in [2.05, 4.69) is 15.6 Å². The van der Waals surface area contributed by atoms with Crippen LogP contribution in [0, 0.1) is 12.7 Å². The van der Waals surface area contributed by atoms with Crippen LogP contribution < -0.4 is 10.6 Å². The molecule has 0 radical (unpaired) electrons. The van der Waals surface area contributed by atoms with Crippen LogP contribution in [0.1, 0.15) is 66.2 Å². The molecule has 0 saturated carbocycles. The van der Waals surface area contributed by atoms with E-state index >= 15 is 0 Å². The highest BCUT2D eigenvalue weighted by Gasteiger charge is 2.17. The van der Waals surface area contributed by atoms with Crippen LogP contribution in [0.15, 0.2) is 47.5 Å². The van der Waals surface area contributed by atoms with Crippen molar-refractivity contribution in [1.82, 2.24) is 15.5 Å². The van der Waals surface area contributed by atoms with Crippen LogP contribution >= 0.6 is 24.0 Å². The first-order chi connectivity index (χ1) is 15.0. The van der Waals surface area contributed by atoms with Crippen molar-refractivity contribution in [3.05, 3.63) is 70.5 Å². The van der Waals surface area contributed by atoms with Gasteiger partial charge in [-0.1, -0.05) is 24.3 Å². The minimum absolute atomic E-state index is 0. The Morgan fingerprint density at radius 1 is 1.12 bits per heavy atom. The second-order valence-corrected chi connectivity index (χ2v) is 8.12. The number of hydrogen-bond acceptors (Lipinski definition) is 2. The maximum atomic E-state index is 13.9. The summed E-state index contributed by atoms with van der Waals surface area (Å²) in [4.78, 5) is 19.2. The molecule has 1 saturated heterocycles. The van der Waals surface area contributed by atoms with Gasteiger partial charge in [-0.15, -0.1) is 24.0 Å². The Kier molecular flexibility index (Phi) is 10.4. The van der Waals surface area contributed by atoms with E-state index in [0.717, 1.165) is 49.2 Å². The summed E-state index contributed by atoms with van der Waals surface area (Å²) in [6.07, 6.45) is 3.39. The van der Waals surface area contributed by atoms with Crippen LogP contribution in [0.4, 0.5) is 4.39 Å². The molecule has 2 aromatic rings. The van der Waals surface area contributed by atoms with Crippen LogP contribution in [-0.2, 0) is 6.54 Å². The standard InChI is InChI=1S/C25H33FN4O.HI/c1-4-27-25(29-19(3)22-11-8-18(2)23(26)16-22)28-17-20-9-12-21(13-10-20)24(31)30-14-6-5-7-15-30;/h8-13,16,19H,4-7,14-15,17H2,1-3H3,(H2,27,28,29);1H. The highest BCUT2D eigenvalue weighted by Crippen LogP contribution is 2.17. The topological polar surface area (TPSA) is 56.7 Å². The fourth-order valence-corrected chi connectivity index (χ4v) is 3.69. The van der Waals surface area contributed by atoms with Gasteiger partial charge in [-0.2, -0.15) is 0 Å². The first kappa shape index (κ1) is 26.1. The lowest BCUT2D eigenvalue weighted by Gasteiger charge is -2.26. The fourth-order valence-electron chi connectivity index (χ4n) is 3.69. The molecule has 7 heteroatoms. The Labute approximate surface area is 207 Å². The number of halogens is 2. The number of aliphatic imine (C=N–C) groups is 1. The normalized spacial score (nSPS) is 15.0. The molecule has 174 valence electrons. The lowest BCUT2D eigenvalue weighted by molar-refractivity contribution is 0.0724. The molecule has 0 aliphatic carbocycles. The predicted molar refractivity (Wildman–Crippen MR) is 139 cm³/mol. The monoisotopic (exact) mass is 552 g/mol. The second kappa shape index (κ2) is 12.8. The number of hydrogen-bond donors (Lipinski definition) is 2. The van der Waals surface area contributed by atoms with Crippen molar-refractivity contribution in [2.24, 2.45) is 4.99 Å². The summed E-state index contributed by atoms with van der Waals surface area (Å²) < 4.78 is 13.9. The molecule has 1 fully saturated rings. The number of carbonyl (C=O) groups is 1. The van der Waals surface area contributed by atoms with E-state index in [9.17, 15) is 9.18 Å². The quantitative estimate of drug-likeness (QED) is 0.295. The van der Waals surface area contributed by atoms with Crippen LogP contribution in [-0.4, -0.2) is 36.4 Å². The van der Waals surface area contributed by atoms with Gasteiger partial charge in [-0.25, -0.2) is 9.38 Å². The van der Waals surface area contributed by atoms with Gasteiger partial charge in [0.15, 0.2) is 5.96 Å². The third-order valence-electron chi connectivity index (χ3n) is 5.66. The van der Waals surface area contributed by atoms with E-state index in [1.807, 2.05) is 49.1 Å². The number of benzene rings is 2. The molecule has 1 aliphatic rings. The fraction of sp³-hybridized carbons (Fsp3) is 0.440. The number of amides is 1. The van der Waals surface area contributed by atoms with Gasteiger partial charge in [0, 0.05) is 25.2 Å². The van der Waals surface area contributed by atoms with Gasteiger partial charge in [0.1, 0.15) is 5.82 Å². The average molecular weight is 552 g/mol. The van der Waals surface area contributed by atoms with Crippen molar-refractivity contribution in [3.8, 4) is 0 Å². The van der Waals surface area contributed by atoms with Crippen LogP contribution in [0.2, 0.25) is 0 Å². The molecule has 2 aromatic carbocycles. The Hall–Kier alpha value is -2.16. The zero-order chi connectivity index (χ0) is 22.2. The number of carbonyl (C=O) groups excluding carboxylic acids is 1. The molecule has 5 nitrogen and oxygen atoms in total. The predicted octanol–water partition coefficient (Wildman–Crippen LogP) is 5.19. The van der Waals surface area contributed by atoms with E-state index in [0.29, 0.717) is 18.1 Å². The van der Waals surface area contributed by atoms with Gasteiger partial charge in [0.05, 0.1) is 12.6 Å². The maximum absolute atomic E-state index is 13.9. The molecule has 1 heterocycles. The zero-order valence-electron chi connectivity index (χ0n) is 19.2. The van der Waals surface area contributed by atoms with Gasteiger partial charge in [0.2, 0.25) is 0 Å². The molecule has 32 heavy (non-hydrogen) atoms. The average Bonchev–Trinajstić information content (AvgIpc) is 2.80. The molecular formula is C25H34FIN4O. The molecule has 3 rings (SSSR count). The van der Waals surface area contributed by atoms with E-state index in [4.69, 9.17) is 0 Å². The van der Waals surface area contributed by atoms with Crippen molar-refractivity contribution >= 4 is 35.8 Å². The van der Waals surface area contributed by atoms with Gasteiger partial charge in [-0.3, -0.25) is 4.79 Å². The van der Waals surface area contributed by atoms with Crippen molar-refractivity contribution in [2.75, 3.05) is 19.6 Å². The third kappa shape index (κ3) is 7.18. The first-order valence-corrected chi connectivity index (χ1v) is 11.2. The number of likely N-dealkylation sites (tertiary alicyclic amines) is 1. The van der Waals surface area contributed by atoms with E-state index in [1.54, 1.807) is 19.1 Å². The van der Waals surface area contributed by atoms with Crippen LogP contribution in [0.3, 0.4) is 0 Å². The largest absolute Gasteiger partial charge is 0.357 e. The third-order valence-corrected chi connectivity index (χ3v) is 5.66. The van der Waals surface area contributed by atoms with E-state index in [1.165, 1.54) is 6.42 Å². The smallest absolute Gasteiger partial charge is 0.253 e.